The molecule has 7 nitrogen and oxygen atoms in total. The van der Waals surface area contributed by atoms with Crippen molar-refractivity contribution in [2.45, 2.75) is 31.6 Å². The first kappa shape index (κ1) is 27.9. The number of thiocarbonyl (C=S) groups is 1. The van der Waals surface area contributed by atoms with Crippen LogP contribution in [0.5, 0.6) is 0 Å². The fourth-order valence-electron chi connectivity index (χ4n) is 3.17. The zero-order chi connectivity index (χ0) is 26.6. The molecule has 0 saturated carbocycles. The highest BCUT2D eigenvalue weighted by Crippen LogP contribution is 2.22. The highest BCUT2D eigenvalue weighted by atomic mass is 32.2. The number of ketones is 1. The van der Waals surface area contributed by atoms with Gasteiger partial charge in [0.2, 0.25) is 5.91 Å². The number of hydrogen-bond donors (Lipinski definition) is 3. The maximum absolute atomic E-state index is 12.4. The number of ether oxygens (including phenoxy) is 1. The van der Waals surface area contributed by atoms with Gasteiger partial charge in [0.05, 0.1) is 17.9 Å². The molecule has 0 radical (unpaired) electrons. The maximum atomic E-state index is 12.4. The van der Waals surface area contributed by atoms with Crippen molar-refractivity contribution >= 4 is 63.8 Å². The van der Waals surface area contributed by atoms with Gasteiger partial charge in [0, 0.05) is 27.5 Å². The molecule has 9 heteroatoms. The summed E-state index contributed by atoms with van der Waals surface area (Å²) in [5.41, 5.74) is 3.25. The Morgan fingerprint density at radius 2 is 1.46 bits per heavy atom. The Balaban J connectivity index is 1.46. The molecular weight excluding hydrogens is 506 g/mol. The monoisotopic (exact) mass is 535 g/mol. The van der Waals surface area contributed by atoms with Gasteiger partial charge in [-0.2, -0.15) is 0 Å². The lowest BCUT2D eigenvalue weighted by molar-refractivity contribution is -0.113. The Kier molecular flexibility index (Phi) is 10.7. The van der Waals surface area contributed by atoms with Gasteiger partial charge in [-0.25, -0.2) is 4.79 Å². The minimum Gasteiger partial charge on any atom is -0.462 e. The van der Waals surface area contributed by atoms with Crippen LogP contribution in [0.15, 0.2) is 77.7 Å². The second kappa shape index (κ2) is 14.2. The summed E-state index contributed by atoms with van der Waals surface area (Å²) in [6.07, 6.45) is 1.79. The molecule has 3 N–H and O–H groups in total. The molecule has 0 aliphatic rings. The average molecular weight is 536 g/mol. The maximum Gasteiger partial charge on any atom is 0.338 e. The van der Waals surface area contributed by atoms with Crippen molar-refractivity contribution in [1.29, 1.82) is 0 Å². The number of hydrogen-bond acceptors (Lipinski definition) is 6. The molecule has 0 aliphatic carbocycles. The molecule has 0 saturated heterocycles. The van der Waals surface area contributed by atoms with E-state index in [4.69, 9.17) is 17.0 Å². The van der Waals surface area contributed by atoms with Gasteiger partial charge in [-0.15, -0.1) is 11.8 Å². The number of amides is 1. The topological polar surface area (TPSA) is 96.5 Å². The normalized spacial score (nSPS) is 10.3. The lowest BCUT2D eigenvalue weighted by atomic mass is 10.1. The van der Waals surface area contributed by atoms with Gasteiger partial charge in [0.25, 0.3) is 0 Å². The predicted molar refractivity (Wildman–Crippen MR) is 154 cm³/mol. The van der Waals surface area contributed by atoms with Crippen molar-refractivity contribution in [3.8, 4) is 0 Å². The molecule has 0 fully saturated rings. The van der Waals surface area contributed by atoms with Gasteiger partial charge in [-0.05, 0) is 92.3 Å². The third-order valence-corrected chi connectivity index (χ3v) is 6.34. The van der Waals surface area contributed by atoms with Crippen LogP contribution in [0, 0.1) is 0 Å². The molecule has 0 aliphatic heterocycles. The molecule has 0 atom stereocenters. The molecule has 0 spiro atoms. The standard InChI is InChI=1S/C28H29N3O4S2/c1-3-4-16-35-27(34)21-10-14-22(15-11-21)29-26(33)18-37-25-7-5-6-24(17-25)31-28(36)30-23-12-8-20(9-13-23)19(2)32/h5-15,17H,3-4,16,18H2,1-2H3,(H,29,33)(H2,30,31,36). The Morgan fingerprint density at radius 3 is 2.11 bits per heavy atom. The smallest absolute Gasteiger partial charge is 0.338 e. The quantitative estimate of drug-likeness (QED) is 0.0855. The number of Topliss-reactive ketones (excluding diaryl/α,β-unsaturated/α-hetero) is 1. The summed E-state index contributed by atoms with van der Waals surface area (Å²) in [5, 5.41) is 9.46. The number of thioether (sulfide) groups is 1. The molecule has 3 rings (SSSR count). The van der Waals surface area contributed by atoms with Crippen LogP contribution in [0.3, 0.4) is 0 Å². The lowest BCUT2D eigenvalue weighted by Gasteiger charge is -2.12. The highest BCUT2D eigenvalue weighted by Gasteiger charge is 2.09. The summed E-state index contributed by atoms with van der Waals surface area (Å²) >= 11 is 6.78. The Labute approximate surface area is 226 Å². The van der Waals surface area contributed by atoms with Gasteiger partial charge in [0.1, 0.15) is 0 Å². The Bertz CT molecular complexity index is 1250. The van der Waals surface area contributed by atoms with E-state index in [1.807, 2.05) is 31.2 Å². The second-order valence-electron chi connectivity index (χ2n) is 8.14. The molecule has 192 valence electrons. The van der Waals surface area contributed by atoms with Crippen molar-refractivity contribution in [1.82, 2.24) is 0 Å². The van der Waals surface area contributed by atoms with Crippen LogP contribution in [0.1, 0.15) is 47.4 Å². The van der Waals surface area contributed by atoms with Crippen molar-refractivity contribution in [3.05, 3.63) is 83.9 Å². The first-order valence-electron chi connectivity index (χ1n) is 11.8. The fourth-order valence-corrected chi connectivity index (χ4v) is 4.16. The summed E-state index contributed by atoms with van der Waals surface area (Å²) in [7, 11) is 0. The van der Waals surface area contributed by atoms with Crippen LogP contribution in [0.2, 0.25) is 0 Å². The number of nitrogens with one attached hydrogen (secondary N) is 3. The van der Waals surface area contributed by atoms with E-state index < -0.39 is 0 Å². The number of rotatable bonds is 11. The van der Waals surface area contributed by atoms with Crippen molar-refractivity contribution in [2.75, 3.05) is 28.3 Å². The third-order valence-electron chi connectivity index (χ3n) is 5.15. The van der Waals surface area contributed by atoms with Crippen LogP contribution in [-0.4, -0.2) is 35.1 Å². The molecular formula is C28H29N3O4S2. The number of anilines is 3. The minimum atomic E-state index is -0.365. The summed E-state index contributed by atoms with van der Waals surface area (Å²) < 4.78 is 5.19. The van der Waals surface area contributed by atoms with E-state index in [-0.39, 0.29) is 23.4 Å². The van der Waals surface area contributed by atoms with Crippen molar-refractivity contribution in [2.24, 2.45) is 0 Å². The van der Waals surface area contributed by atoms with E-state index in [1.165, 1.54) is 18.7 Å². The summed E-state index contributed by atoms with van der Waals surface area (Å²) in [4.78, 5) is 36.7. The number of benzene rings is 3. The molecule has 37 heavy (non-hydrogen) atoms. The first-order valence-corrected chi connectivity index (χ1v) is 13.2. The average Bonchev–Trinajstić information content (AvgIpc) is 2.88. The molecule has 0 heterocycles. The van der Waals surface area contributed by atoms with E-state index in [0.29, 0.717) is 28.5 Å². The van der Waals surface area contributed by atoms with Crippen LogP contribution in [0.25, 0.3) is 0 Å². The number of esters is 1. The van der Waals surface area contributed by atoms with Gasteiger partial charge in [-0.3, -0.25) is 9.59 Å². The lowest BCUT2D eigenvalue weighted by Crippen LogP contribution is -2.19. The highest BCUT2D eigenvalue weighted by molar-refractivity contribution is 8.00. The van der Waals surface area contributed by atoms with Crippen LogP contribution < -0.4 is 16.0 Å². The molecule has 3 aromatic rings. The Morgan fingerprint density at radius 1 is 0.838 bits per heavy atom. The Hall–Kier alpha value is -3.69. The van der Waals surface area contributed by atoms with Crippen LogP contribution in [0.4, 0.5) is 17.1 Å². The van der Waals surface area contributed by atoms with Crippen molar-refractivity contribution < 1.29 is 19.1 Å². The van der Waals surface area contributed by atoms with Gasteiger partial charge in [-0.1, -0.05) is 19.4 Å². The van der Waals surface area contributed by atoms with E-state index in [9.17, 15) is 14.4 Å². The van der Waals surface area contributed by atoms with E-state index in [0.717, 1.165) is 29.1 Å². The summed E-state index contributed by atoms with van der Waals surface area (Å²) in [6, 6.07) is 21.3. The number of carbonyl (C=O) groups excluding carboxylic acids is 3. The number of carbonyl (C=O) groups is 3. The minimum absolute atomic E-state index is 0.00733. The van der Waals surface area contributed by atoms with E-state index >= 15 is 0 Å². The molecule has 0 bridgehead atoms. The van der Waals surface area contributed by atoms with Gasteiger partial charge < -0.3 is 20.7 Å². The molecule has 0 aromatic heterocycles. The SMILES string of the molecule is CCCCOC(=O)c1ccc(NC(=O)CSc2cccc(NC(=S)Nc3ccc(C(C)=O)cc3)c2)cc1. The first-order chi connectivity index (χ1) is 17.8. The van der Waals surface area contributed by atoms with Gasteiger partial charge in [0.15, 0.2) is 10.9 Å². The van der Waals surface area contributed by atoms with Crippen LogP contribution in [-0.2, 0) is 9.53 Å². The van der Waals surface area contributed by atoms with Crippen molar-refractivity contribution in [3.63, 3.8) is 0 Å². The number of unbranched alkanes of at least 4 members (excludes halogenated alkanes) is 1. The zero-order valence-electron chi connectivity index (χ0n) is 20.7. The fraction of sp³-hybridized carbons (Fsp3) is 0.214. The van der Waals surface area contributed by atoms with E-state index in [1.54, 1.807) is 48.5 Å². The summed E-state index contributed by atoms with van der Waals surface area (Å²) in [5.74, 6) is -0.299. The van der Waals surface area contributed by atoms with Gasteiger partial charge >= 0.3 is 5.97 Å². The largest absolute Gasteiger partial charge is 0.462 e. The molecule has 1 amide bonds. The van der Waals surface area contributed by atoms with Crippen LogP contribution >= 0.6 is 24.0 Å². The predicted octanol–water partition coefficient (Wildman–Crippen LogP) is 6.39. The molecule has 3 aromatic carbocycles. The van der Waals surface area contributed by atoms with E-state index in [2.05, 4.69) is 16.0 Å². The second-order valence-corrected chi connectivity index (χ2v) is 9.60. The summed E-state index contributed by atoms with van der Waals surface area (Å²) in [6.45, 7) is 3.96. The zero-order valence-corrected chi connectivity index (χ0v) is 22.3. The third kappa shape index (κ3) is 9.36. The molecule has 0 unspecified atom stereocenters.